The van der Waals surface area contributed by atoms with Crippen molar-refractivity contribution < 1.29 is 4.39 Å². The zero-order chi connectivity index (χ0) is 13.0. The number of anilines is 2. The number of aromatic nitrogens is 3. The number of nitrogens with two attached hydrogens (primary N) is 1. The van der Waals surface area contributed by atoms with Gasteiger partial charge in [0.25, 0.3) is 0 Å². The molecule has 0 amide bonds. The van der Waals surface area contributed by atoms with Gasteiger partial charge in [-0.25, -0.2) is 15.2 Å². The van der Waals surface area contributed by atoms with Crippen molar-refractivity contribution in [2.24, 2.45) is 5.84 Å². The summed E-state index contributed by atoms with van der Waals surface area (Å²) in [7, 11) is 0. The number of hydrogen-bond donors (Lipinski definition) is 3. The molecule has 94 valence electrons. The molecule has 0 bridgehead atoms. The first kappa shape index (κ1) is 12.2. The van der Waals surface area contributed by atoms with Crippen LogP contribution in [0.2, 0.25) is 0 Å². The largest absolute Gasteiger partial charge is 0.362 e. The number of hydrazine groups is 1. The molecule has 0 saturated heterocycles. The molecule has 2 heterocycles. The number of aryl methyl sites for hydroxylation is 1. The van der Waals surface area contributed by atoms with Crippen molar-refractivity contribution in [3.63, 3.8) is 0 Å². The Morgan fingerprint density at radius 2 is 2.17 bits per heavy atom. The molecule has 0 aliphatic rings. The van der Waals surface area contributed by atoms with Crippen molar-refractivity contribution in [1.29, 1.82) is 0 Å². The molecule has 0 spiro atoms. The summed E-state index contributed by atoms with van der Waals surface area (Å²) >= 11 is 0. The monoisotopic (exact) mass is 248 g/mol. The van der Waals surface area contributed by atoms with Gasteiger partial charge in [0.05, 0.1) is 18.4 Å². The van der Waals surface area contributed by atoms with E-state index in [0.29, 0.717) is 6.54 Å². The predicted octanol–water partition coefficient (Wildman–Crippen LogP) is 1.22. The zero-order valence-corrected chi connectivity index (χ0v) is 9.81. The molecule has 7 heteroatoms. The molecule has 0 aliphatic carbocycles. The lowest BCUT2D eigenvalue weighted by Gasteiger charge is -2.07. The number of nitrogen functional groups attached to an aromatic ring is 1. The third kappa shape index (κ3) is 2.89. The minimum Gasteiger partial charge on any atom is -0.362 e. The number of hydrogen-bond acceptors (Lipinski definition) is 6. The number of pyridine rings is 1. The van der Waals surface area contributed by atoms with Gasteiger partial charge >= 0.3 is 0 Å². The van der Waals surface area contributed by atoms with Gasteiger partial charge < -0.3 is 5.32 Å². The fourth-order valence-corrected chi connectivity index (χ4v) is 1.43. The molecule has 0 saturated carbocycles. The van der Waals surface area contributed by atoms with Gasteiger partial charge in [0.2, 0.25) is 5.95 Å². The van der Waals surface area contributed by atoms with Crippen LogP contribution in [0.15, 0.2) is 24.4 Å². The highest BCUT2D eigenvalue weighted by molar-refractivity contribution is 5.40. The fraction of sp³-hybridized carbons (Fsp3) is 0.182. The Bertz CT molecular complexity index is 545. The van der Waals surface area contributed by atoms with Gasteiger partial charge in [-0.2, -0.15) is 4.98 Å². The lowest BCUT2D eigenvalue weighted by atomic mass is 10.3. The molecule has 0 aliphatic heterocycles. The topological polar surface area (TPSA) is 88.8 Å². The normalized spacial score (nSPS) is 10.2. The number of rotatable bonds is 4. The standard InChI is InChI=1S/C11H13FN6/c1-7-3-2-4-8(16-7)5-14-10-9(12)6-15-11(17-10)18-13/h2-4,6H,5,13H2,1H3,(H2,14,15,17,18). The number of nitrogens with one attached hydrogen (secondary N) is 2. The minimum atomic E-state index is -0.540. The molecule has 2 aromatic heterocycles. The molecule has 18 heavy (non-hydrogen) atoms. The summed E-state index contributed by atoms with van der Waals surface area (Å²) in [5, 5.41) is 2.85. The summed E-state index contributed by atoms with van der Waals surface area (Å²) in [6.07, 6.45) is 1.05. The van der Waals surface area contributed by atoms with Crippen LogP contribution in [0.1, 0.15) is 11.4 Å². The third-order valence-corrected chi connectivity index (χ3v) is 2.26. The Hall–Kier alpha value is -2.28. The second-order valence-corrected chi connectivity index (χ2v) is 3.66. The molecule has 0 radical (unpaired) electrons. The number of halogens is 1. The third-order valence-electron chi connectivity index (χ3n) is 2.26. The van der Waals surface area contributed by atoms with Crippen molar-refractivity contribution >= 4 is 11.8 Å². The first-order chi connectivity index (χ1) is 8.69. The molecule has 0 unspecified atom stereocenters. The average molecular weight is 248 g/mol. The molecule has 0 aromatic carbocycles. The Kier molecular flexibility index (Phi) is 3.63. The van der Waals surface area contributed by atoms with Crippen LogP contribution in [-0.4, -0.2) is 15.0 Å². The second kappa shape index (κ2) is 5.37. The zero-order valence-electron chi connectivity index (χ0n) is 9.81. The van der Waals surface area contributed by atoms with E-state index in [1.807, 2.05) is 25.1 Å². The smallest absolute Gasteiger partial charge is 0.239 e. The van der Waals surface area contributed by atoms with E-state index in [9.17, 15) is 4.39 Å². The maximum absolute atomic E-state index is 13.4. The summed E-state index contributed by atoms with van der Waals surface area (Å²) < 4.78 is 13.4. The lowest BCUT2D eigenvalue weighted by molar-refractivity contribution is 0.617. The van der Waals surface area contributed by atoms with Crippen LogP contribution in [0.4, 0.5) is 16.2 Å². The van der Waals surface area contributed by atoms with E-state index in [-0.39, 0.29) is 11.8 Å². The second-order valence-electron chi connectivity index (χ2n) is 3.66. The van der Waals surface area contributed by atoms with Crippen LogP contribution in [0.5, 0.6) is 0 Å². The Morgan fingerprint density at radius 1 is 1.33 bits per heavy atom. The highest BCUT2D eigenvalue weighted by Gasteiger charge is 2.06. The van der Waals surface area contributed by atoms with Crippen LogP contribution in [0.25, 0.3) is 0 Å². The maximum atomic E-state index is 13.4. The Balaban J connectivity index is 2.10. The highest BCUT2D eigenvalue weighted by Crippen LogP contribution is 2.12. The van der Waals surface area contributed by atoms with E-state index in [0.717, 1.165) is 17.6 Å². The average Bonchev–Trinajstić information content (AvgIpc) is 2.38. The van der Waals surface area contributed by atoms with Gasteiger partial charge in [0.1, 0.15) is 0 Å². The van der Waals surface area contributed by atoms with E-state index in [1.54, 1.807) is 0 Å². The first-order valence-corrected chi connectivity index (χ1v) is 5.34. The van der Waals surface area contributed by atoms with Gasteiger partial charge in [-0.1, -0.05) is 6.07 Å². The predicted molar refractivity (Wildman–Crippen MR) is 66.1 cm³/mol. The van der Waals surface area contributed by atoms with Gasteiger partial charge in [-0.15, -0.1) is 0 Å². The van der Waals surface area contributed by atoms with Crippen LogP contribution in [0, 0.1) is 12.7 Å². The van der Waals surface area contributed by atoms with E-state index in [2.05, 4.69) is 25.7 Å². The van der Waals surface area contributed by atoms with E-state index in [4.69, 9.17) is 5.84 Å². The molecule has 0 fully saturated rings. The Morgan fingerprint density at radius 3 is 2.89 bits per heavy atom. The van der Waals surface area contributed by atoms with E-state index in [1.165, 1.54) is 0 Å². The van der Waals surface area contributed by atoms with Crippen LogP contribution in [0.3, 0.4) is 0 Å². The lowest BCUT2D eigenvalue weighted by Crippen LogP contribution is -2.13. The van der Waals surface area contributed by atoms with Crippen molar-refractivity contribution in [3.8, 4) is 0 Å². The summed E-state index contributed by atoms with van der Waals surface area (Å²) in [6.45, 7) is 2.27. The SMILES string of the molecule is Cc1cccc(CNc2nc(NN)ncc2F)n1. The van der Waals surface area contributed by atoms with Crippen molar-refractivity contribution in [2.45, 2.75) is 13.5 Å². The molecule has 4 N–H and O–H groups in total. The summed E-state index contributed by atoms with van der Waals surface area (Å²) in [5.41, 5.74) is 3.96. The molecule has 2 rings (SSSR count). The summed E-state index contributed by atoms with van der Waals surface area (Å²) in [5.74, 6) is 4.85. The van der Waals surface area contributed by atoms with Gasteiger partial charge in [0, 0.05) is 5.69 Å². The van der Waals surface area contributed by atoms with Crippen LogP contribution in [-0.2, 0) is 6.54 Å². The van der Waals surface area contributed by atoms with Crippen molar-refractivity contribution in [1.82, 2.24) is 15.0 Å². The maximum Gasteiger partial charge on any atom is 0.239 e. The van der Waals surface area contributed by atoms with Gasteiger partial charge in [-0.3, -0.25) is 10.4 Å². The van der Waals surface area contributed by atoms with Gasteiger partial charge in [0.15, 0.2) is 11.6 Å². The summed E-state index contributed by atoms with van der Waals surface area (Å²) in [6, 6.07) is 5.63. The molecule has 6 nitrogen and oxygen atoms in total. The fourth-order valence-electron chi connectivity index (χ4n) is 1.43. The van der Waals surface area contributed by atoms with Crippen LogP contribution < -0.4 is 16.6 Å². The molecule has 0 atom stereocenters. The summed E-state index contributed by atoms with van der Waals surface area (Å²) in [4.78, 5) is 11.8. The molecule has 2 aromatic rings. The van der Waals surface area contributed by atoms with E-state index < -0.39 is 5.82 Å². The van der Waals surface area contributed by atoms with Crippen LogP contribution >= 0.6 is 0 Å². The molecular formula is C11H13FN6. The van der Waals surface area contributed by atoms with Crippen molar-refractivity contribution in [3.05, 3.63) is 41.6 Å². The quantitative estimate of drug-likeness (QED) is 0.557. The number of nitrogens with zero attached hydrogens (tertiary/aromatic N) is 3. The first-order valence-electron chi connectivity index (χ1n) is 5.34. The van der Waals surface area contributed by atoms with E-state index >= 15 is 0 Å². The Labute approximate surface area is 103 Å². The van der Waals surface area contributed by atoms with Gasteiger partial charge in [-0.05, 0) is 19.1 Å². The highest BCUT2D eigenvalue weighted by atomic mass is 19.1. The molecular weight excluding hydrogens is 235 g/mol. The van der Waals surface area contributed by atoms with Crippen molar-refractivity contribution in [2.75, 3.05) is 10.7 Å². The minimum absolute atomic E-state index is 0.0845.